The first kappa shape index (κ1) is 10.8. The number of benzene rings is 1. The van der Waals surface area contributed by atoms with Crippen molar-refractivity contribution >= 4 is 17.2 Å². The summed E-state index contributed by atoms with van der Waals surface area (Å²) < 4.78 is 5.08. The van der Waals surface area contributed by atoms with Crippen LogP contribution in [0.1, 0.15) is 11.4 Å². The van der Waals surface area contributed by atoms with Crippen molar-refractivity contribution in [2.24, 2.45) is 0 Å². The van der Waals surface area contributed by atoms with Crippen LogP contribution >= 0.6 is 11.6 Å². The number of nitrogens with zero attached hydrogens (tertiary/aromatic N) is 1. The van der Waals surface area contributed by atoms with Crippen molar-refractivity contribution in [2.45, 2.75) is 0 Å². The van der Waals surface area contributed by atoms with Gasteiger partial charge in [-0.15, -0.1) is 0 Å². The lowest BCUT2D eigenvalue weighted by Crippen LogP contribution is -1.91. The summed E-state index contributed by atoms with van der Waals surface area (Å²) in [5.74, 6) is 1.44. The predicted molar refractivity (Wildman–Crippen MR) is 64.7 cm³/mol. The molecule has 0 saturated carbocycles. The van der Waals surface area contributed by atoms with Gasteiger partial charge >= 0.3 is 0 Å². The van der Waals surface area contributed by atoms with E-state index in [-0.39, 0.29) is 0 Å². The number of aromatic amines is 1. The summed E-state index contributed by atoms with van der Waals surface area (Å²) in [6.07, 6.45) is 3.43. The van der Waals surface area contributed by atoms with Crippen LogP contribution in [0.2, 0.25) is 5.02 Å². The first-order valence-corrected chi connectivity index (χ1v) is 5.12. The minimum atomic E-state index is 0.598. The van der Waals surface area contributed by atoms with E-state index in [4.69, 9.17) is 16.3 Å². The Morgan fingerprint density at radius 3 is 2.88 bits per heavy atom. The lowest BCUT2D eigenvalue weighted by molar-refractivity contribution is 0.415. The van der Waals surface area contributed by atoms with Gasteiger partial charge in [-0.1, -0.05) is 18.2 Å². The molecule has 2 aromatic rings. The van der Waals surface area contributed by atoms with Crippen molar-refractivity contribution < 1.29 is 4.74 Å². The van der Waals surface area contributed by atoms with Crippen molar-refractivity contribution in [3.8, 4) is 5.75 Å². The van der Waals surface area contributed by atoms with Crippen molar-refractivity contribution in [3.05, 3.63) is 53.6 Å². The first-order valence-electron chi connectivity index (χ1n) is 4.75. The lowest BCUT2D eigenvalue weighted by atomic mass is 10.1. The zero-order valence-corrected chi connectivity index (χ0v) is 9.58. The van der Waals surface area contributed by atoms with E-state index in [1.165, 1.54) is 0 Å². The van der Waals surface area contributed by atoms with E-state index < -0.39 is 0 Å². The fourth-order valence-electron chi connectivity index (χ4n) is 1.43. The van der Waals surface area contributed by atoms with Gasteiger partial charge in [-0.3, -0.25) is 0 Å². The molecule has 0 aliphatic heterocycles. The van der Waals surface area contributed by atoms with Crippen molar-refractivity contribution in [2.75, 3.05) is 7.11 Å². The number of ether oxygens (including phenoxy) is 1. The predicted octanol–water partition coefficient (Wildman–Crippen LogP) is 3.13. The molecule has 1 aromatic heterocycles. The van der Waals surface area contributed by atoms with Gasteiger partial charge in [0, 0.05) is 23.5 Å². The fourth-order valence-corrected chi connectivity index (χ4v) is 1.71. The van der Waals surface area contributed by atoms with E-state index in [9.17, 15) is 0 Å². The van der Waals surface area contributed by atoms with Gasteiger partial charge in [0.2, 0.25) is 0 Å². The number of nitrogens with one attached hydrogen (secondary N) is 1. The maximum atomic E-state index is 6.14. The van der Waals surface area contributed by atoms with E-state index in [1.54, 1.807) is 25.6 Å². The summed E-state index contributed by atoms with van der Waals surface area (Å²) in [5, 5.41) is 0.598. The van der Waals surface area contributed by atoms with Crippen molar-refractivity contribution in [1.29, 1.82) is 0 Å². The summed E-state index contributed by atoms with van der Waals surface area (Å²) >= 11 is 6.14. The molecule has 1 N–H and O–H groups in total. The number of halogens is 1. The highest BCUT2D eigenvalue weighted by atomic mass is 35.5. The topological polar surface area (TPSA) is 37.9 Å². The normalized spacial score (nSPS) is 10.1. The highest BCUT2D eigenvalue weighted by molar-refractivity contribution is 6.32. The Balaban J connectivity index is 2.38. The van der Waals surface area contributed by atoms with Crippen molar-refractivity contribution in [3.63, 3.8) is 0 Å². The maximum absolute atomic E-state index is 6.14. The zero-order chi connectivity index (χ0) is 11.5. The van der Waals surface area contributed by atoms with Crippen LogP contribution in [0.15, 0.2) is 37.2 Å². The number of aromatic nitrogens is 2. The molecular formula is C12H11ClN2O. The van der Waals surface area contributed by atoms with Crippen molar-refractivity contribution in [1.82, 2.24) is 9.97 Å². The molecule has 0 bridgehead atoms. The molecule has 0 aliphatic carbocycles. The molecule has 0 fully saturated rings. The molecule has 0 amide bonds. The van der Waals surface area contributed by atoms with E-state index in [0.29, 0.717) is 10.8 Å². The van der Waals surface area contributed by atoms with Gasteiger partial charge in [-0.2, -0.15) is 0 Å². The van der Waals surface area contributed by atoms with Crippen LogP contribution in [0.5, 0.6) is 5.75 Å². The fraction of sp³-hybridized carbons (Fsp3) is 0.0833. The van der Waals surface area contributed by atoms with Crippen LogP contribution in [-0.2, 0) is 0 Å². The second-order valence-electron chi connectivity index (χ2n) is 3.26. The number of methoxy groups -OCH3 is 1. The van der Waals surface area contributed by atoms with Crippen LogP contribution in [0.4, 0.5) is 0 Å². The van der Waals surface area contributed by atoms with E-state index in [2.05, 4.69) is 16.5 Å². The molecule has 2 rings (SSSR count). The van der Waals surface area contributed by atoms with Gasteiger partial charge < -0.3 is 9.72 Å². The largest absolute Gasteiger partial charge is 0.497 e. The smallest absolute Gasteiger partial charge is 0.137 e. The van der Waals surface area contributed by atoms with E-state index in [0.717, 1.165) is 16.9 Å². The zero-order valence-electron chi connectivity index (χ0n) is 8.83. The molecule has 0 unspecified atom stereocenters. The Morgan fingerprint density at radius 1 is 1.50 bits per heavy atom. The summed E-state index contributed by atoms with van der Waals surface area (Å²) in [6.45, 7) is 3.96. The van der Waals surface area contributed by atoms with E-state index >= 15 is 0 Å². The molecule has 0 radical (unpaired) electrons. The first-order chi connectivity index (χ1) is 7.72. The highest BCUT2D eigenvalue weighted by Gasteiger charge is 2.09. The van der Waals surface area contributed by atoms with Gasteiger partial charge in [0.15, 0.2) is 0 Å². The molecule has 0 saturated heterocycles. The second-order valence-corrected chi connectivity index (χ2v) is 3.67. The Labute approximate surface area is 98.7 Å². The second kappa shape index (κ2) is 4.41. The van der Waals surface area contributed by atoms with Crippen LogP contribution in [0, 0.1) is 0 Å². The monoisotopic (exact) mass is 234 g/mol. The number of hydrogen-bond donors (Lipinski definition) is 1. The Bertz CT molecular complexity index is 506. The summed E-state index contributed by atoms with van der Waals surface area (Å²) in [5.41, 5.74) is 1.61. The van der Waals surface area contributed by atoms with Crippen LogP contribution in [-0.4, -0.2) is 17.1 Å². The molecule has 3 nitrogen and oxygen atoms in total. The Morgan fingerprint density at radius 2 is 2.31 bits per heavy atom. The summed E-state index contributed by atoms with van der Waals surface area (Å²) in [6, 6.07) is 5.46. The molecule has 0 spiro atoms. The highest BCUT2D eigenvalue weighted by Crippen LogP contribution is 2.29. The van der Waals surface area contributed by atoms with E-state index in [1.807, 2.05) is 12.1 Å². The van der Waals surface area contributed by atoms with Gasteiger partial charge in [-0.05, 0) is 18.2 Å². The Kier molecular flexibility index (Phi) is 2.97. The van der Waals surface area contributed by atoms with Gasteiger partial charge in [0.1, 0.15) is 11.6 Å². The molecule has 1 heterocycles. The van der Waals surface area contributed by atoms with Crippen LogP contribution in [0.25, 0.3) is 5.57 Å². The average Bonchev–Trinajstić information content (AvgIpc) is 2.81. The molecular weight excluding hydrogens is 224 g/mol. The molecule has 0 aliphatic rings. The number of hydrogen-bond acceptors (Lipinski definition) is 2. The van der Waals surface area contributed by atoms with Crippen LogP contribution in [0.3, 0.4) is 0 Å². The van der Waals surface area contributed by atoms with Crippen LogP contribution < -0.4 is 4.74 Å². The summed E-state index contributed by atoms with van der Waals surface area (Å²) in [4.78, 5) is 7.12. The average molecular weight is 235 g/mol. The molecule has 4 heteroatoms. The quantitative estimate of drug-likeness (QED) is 0.886. The molecule has 82 valence electrons. The summed E-state index contributed by atoms with van der Waals surface area (Å²) in [7, 11) is 1.60. The third kappa shape index (κ3) is 1.95. The van der Waals surface area contributed by atoms with Gasteiger partial charge in [-0.25, -0.2) is 4.98 Å². The van der Waals surface area contributed by atoms with Gasteiger partial charge in [0.25, 0.3) is 0 Å². The molecule has 16 heavy (non-hydrogen) atoms. The lowest BCUT2D eigenvalue weighted by Gasteiger charge is -2.07. The Hall–Kier alpha value is -1.74. The number of rotatable bonds is 3. The molecule has 1 aromatic carbocycles. The number of imidazole rings is 1. The standard InChI is InChI=1S/C12H11ClN2O/c1-8(12-14-5-6-15-12)10-4-3-9(16-2)7-11(10)13/h3-7H,1H2,2H3,(H,14,15). The minimum absolute atomic E-state index is 0.598. The maximum Gasteiger partial charge on any atom is 0.137 e. The third-order valence-electron chi connectivity index (χ3n) is 2.29. The third-order valence-corrected chi connectivity index (χ3v) is 2.60. The van der Waals surface area contributed by atoms with Gasteiger partial charge in [0.05, 0.1) is 12.1 Å². The molecule has 0 atom stereocenters. The SMILES string of the molecule is C=C(c1ncc[nH]1)c1ccc(OC)cc1Cl. The number of H-pyrrole nitrogens is 1. The minimum Gasteiger partial charge on any atom is -0.497 e.